The molecule has 262 valence electrons. The molecule has 44 heavy (non-hydrogen) atoms. The summed E-state index contributed by atoms with van der Waals surface area (Å²) in [6.07, 6.45) is 8.76. The molecule has 13 nitrogen and oxygen atoms in total. The van der Waals surface area contributed by atoms with Crippen LogP contribution in [-0.2, 0) is 57.0 Å². The Kier molecular flexibility index (Phi) is 36.5. The lowest BCUT2D eigenvalue weighted by Crippen LogP contribution is -2.15. The van der Waals surface area contributed by atoms with Gasteiger partial charge in [0.05, 0.1) is 125 Å². The predicted molar refractivity (Wildman–Crippen MR) is 163 cm³/mol. The molecule has 0 aromatic heterocycles. The van der Waals surface area contributed by atoms with E-state index >= 15 is 0 Å². The summed E-state index contributed by atoms with van der Waals surface area (Å²) in [6.45, 7) is 10.5. The van der Waals surface area contributed by atoms with Crippen molar-refractivity contribution < 1.29 is 62.1 Å². The summed E-state index contributed by atoms with van der Waals surface area (Å²) in [7, 11) is 0. The van der Waals surface area contributed by atoms with Gasteiger partial charge in [0, 0.05) is 6.42 Å². The van der Waals surface area contributed by atoms with Gasteiger partial charge in [-0.15, -0.1) is 0 Å². The van der Waals surface area contributed by atoms with Crippen molar-refractivity contribution in [1.29, 1.82) is 0 Å². The summed E-state index contributed by atoms with van der Waals surface area (Å²) in [4.78, 5) is 22.0. The van der Waals surface area contributed by atoms with Crippen molar-refractivity contribution in [2.75, 3.05) is 126 Å². The maximum absolute atomic E-state index is 11.7. The fraction of sp³-hybridized carbons (Fsp3) is 0.935. The Morgan fingerprint density at radius 2 is 0.682 bits per heavy atom. The summed E-state index contributed by atoms with van der Waals surface area (Å²) >= 11 is 0. The Balaban J connectivity index is 3.10. The third-order valence-corrected chi connectivity index (χ3v) is 5.91. The fourth-order valence-corrected chi connectivity index (χ4v) is 3.53. The zero-order chi connectivity index (χ0) is 32.0. The molecule has 0 unspecified atom stereocenters. The van der Waals surface area contributed by atoms with Gasteiger partial charge in [0.1, 0.15) is 6.61 Å². The molecule has 0 amide bonds. The highest BCUT2D eigenvalue weighted by molar-refractivity contribution is 5.69. The fourth-order valence-electron chi connectivity index (χ4n) is 3.53. The van der Waals surface area contributed by atoms with Gasteiger partial charge in [-0.05, 0) is 6.42 Å². The molecule has 0 aliphatic carbocycles. The standard InChI is InChI=1S/C31H60O13/c1-2-3-4-5-6-7-8-9-31(34)44-29-28-43-27-26-42-25-24-41-23-22-40-21-20-39-19-18-38-17-16-37-15-14-36-13-12-35-11-10-30(32)33/h2-29H2,1H3,(H,32,33). The van der Waals surface area contributed by atoms with Gasteiger partial charge < -0.3 is 52.5 Å². The van der Waals surface area contributed by atoms with Crippen LogP contribution < -0.4 is 0 Å². The van der Waals surface area contributed by atoms with E-state index in [2.05, 4.69) is 6.92 Å². The predicted octanol–water partition coefficient (Wildman–Crippen LogP) is 3.29. The summed E-state index contributed by atoms with van der Waals surface area (Å²) in [5.41, 5.74) is 0. The van der Waals surface area contributed by atoms with Crippen LogP contribution in [-0.4, -0.2) is 143 Å². The molecular formula is C31H60O13. The first-order valence-corrected chi connectivity index (χ1v) is 16.2. The van der Waals surface area contributed by atoms with E-state index in [-0.39, 0.29) is 25.6 Å². The molecule has 0 bridgehead atoms. The van der Waals surface area contributed by atoms with Crippen LogP contribution in [0.15, 0.2) is 0 Å². The number of ether oxygens (including phenoxy) is 10. The van der Waals surface area contributed by atoms with E-state index in [1.165, 1.54) is 32.1 Å². The number of aliphatic carboxylic acids is 1. The quantitative estimate of drug-likeness (QED) is 0.0778. The van der Waals surface area contributed by atoms with Crippen LogP contribution in [0, 0.1) is 0 Å². The van der Waals surface area contributed by atoms with E-state index in [9.17, 15) is 9.59 Å². The van der Waals surface area contributed by atoms with Crippen molar-refractivity contribution in [1.82, 2.24) is 0 Å². The summed E-state index contributed by atoms with van der Waals surface area (Å²) in [5.74, 6) is -1.02. The van der Waals surface area contributed by atoms with Crippen LogP contribution in [0.25, 0.3) is 0 Å². The molecule has 0 aliphatic rings. The topological polar surface area (TPSA) is 147 Å². The van der Waals surface area contributed by atoms with Gasteiger partial charge in [0.25, 0.3) is 0 Å². The Morgan fingerprint density at radius 3 is 1.02 bits per heavy atom. The molecule has 0 radical (unpaired) electrons. The highest BCUT2D eigenvalue weighted by Gasteiger charge is 2.03. The van der Waals surface area contributed by atoms with Gasteiger partial charge in [-0.2, -0.15) is 0 Å². The van der Waals surface area contributed by atoms with Gasteiger partial charge in [-0.1, -0.05) is 45.4 Å². The molecule has 0 saturated heterocycles. The molecule has 1 N–H and O–H groups in total. The first kappa shape index (κ1) is 42.6. The molecule has 0 aromatic rings. The van der Waals surface area contributed by atoms with Crippen molar-refractivity contribution in [2.45, 2.75) is 64.7 Å². The minimum absolute atomic E-state index is 0.00303. The van der Waals surface area contributed by atoms with E-state index < -0.39 is 5.97 Å². The molecule has 0 fully saturated rings. The van der Waals surface area contributed by atoms with Gasteiger partial charge in [-0.3, -0.25) is 9.59 Å². The summed E-state index contributed by atoms with van der Waals surface area (Å²) < 4.78 is 53.6. The molecule has 0 atom stereocenters. The number of unbranched alkanes of at least 4 members (excludes halogenated alkanes) is 6. The second-order valence-electron chi connectivity index (χ2n) is 9.75. The number of carbonyl (C=O) groups is 2. The average molecular weight is 641 g/mol. The molecule has 0 aromatic carbocycles. The highest BCUT2D eigenvalue weighted by atomic mass is 16.6. The van der Waals surface area contributed by atoms with Crippen molar-refractivity contribution in [3.05, 3.63) is 0 Å². The van der Waals surface area contributed by atoms with Crippen molar-refractivity contribution in [3.63, 3.8) is 0 Å². The van der Waals surface area contributed by atoms with Gasteiger partial charge in [-0.25, -0.2) is 0 Å². The second kappa shape index (κ2) is 37.8. The van der Waals surface area contributed by atoms with Crippen LogP contribution in [0.5, 0.6) is 0 Å². The largest absolute Gasteiger partial charge is 0.481 e. The van der Waals surface area contributed by atoms with Gasteiger partial charge in [0.2, 0.25) is 0 Å². The van der Waals surface area contributed by atoms with E-state index in [1.54, 1.807) is 0 Å². The van der Waals surface area contributed by atoms with Gasteiger partial charge in [0.15, 0.2) is 0 Å². The smallest absolute Gasteiger partial charge is 0.305 e. The molecule has 0 rings (SSSR count). The minimum Gasteiger partial charge on any atom is -0.481 e. The van der Waals surface area contributed by atoms with Crippen LogP contribution in [0.3, 0.4) is 0 Å². The van der Waals surface area contributed by atoms with Crippen LogP contribution in [0.1, 0.15) is 64.7 Å². The molecular weight excluding hydrogens is 580 g/mol. The maximum Gasteiger partial charge on any atom is 0.305 e. The highest BCUT2D eigenvalue weighted by Crippen LogP contribution is 2.08. The Bertz CT molecular complexity index is 595. The SMILES string of the molecule is CCCCCCCCCC(=O)OCCOCCOCCOCCOCCOCCOCCOCCOCCOCCC(=O)O. The number of hydrogen-bond donors (Lipinski definition) is 1. The van der Waals surface area contributed by atoms with Crippen molar-refractivity contribution in [2.24, 2.45) is 0 Å². The zero-order valence-electron chi connectivity index (χ0n) is 27.1. The number of carboxylic acids is 1. The number of carbonyl (C=O) groups excluding carboxylic acids is 1. The number of carboxylic acid groups (broad SMARTS) is 1. The monoisotopic (exact) mass is 640 g/mol. The normalized spacial score (nSPS) is 11.3. The summed E-state index contributed by atoms with van der Waals surface area (Å²) in [5, 5.41) is 8.48. The first-order valence-electron chi connectivity index (χ1n) is 16.2. The average Bonchev–Trinajstić information content (AvgIpc) is 3.01. The minimum atomic E-state index is -0.875. The van der Waals surface area contributed by atoms with Crippen LogP contribution in [0.2, 0.25) is 0 Å². The molecule has 13 heteroatoms. The van der Waals surface area contributed by atoms with E-state index in [0.717, 1.165) is 12.8 Å². The number of esters is 1. The Hall–Kier alpha value is -1.42. The second-order valence-corrected chi connectivity index (χ2v) is 9.75. The number of rotatable bonds is 38. The zero-order valence-corrected chi connectivity index (χ0v) is 27.1. The molecule has 0 saturated carbocycles. The molecule has 0 aliphatic heterocycles. The van der Waals surface area contributed by atoms with E-state index in [0.29, 0.717) is 119 Å². The lowest BCUT2D eigenvalue weighted by molar-refractivity contribution is -0.145. The van der Waals surface area contributed by atoms with Crippen molar-refractivity contribution >= 4 is 11.9 Å². The van der Waals surface area contributed by atoms with E-state index in [4.69, 9.17) is 52.5 Å². The van der Waals surface area contributed by atoms with E-state index in [1.807, 2.05) is 0 Å². The summed E-state index contributed by atoms with van der Waals surface area (Å²) in [6, 6.07) is 0. The Labute approximate surface area is 264 Å². The third-order valence-electron chi connectivity index (χ3n) is 5.91. The van der Waals surface area contributed by atoms with Gasteiger partial charge >= 0.3 is 11.9 Å². The van der Waals surface area contributed by atoms with Crippen LogP contribution in [0.4, 0.5) is 0 Å². The lowest BCUT2D eigenvalue weighted by Gasteiger charge is -2.09. The first-order chi connectivity index (χ1) is 21.7. The lowest BCUT2D eigenvalue weighted by atomic mass is 10.1. The van der Waals surface area contributed by atoms with Crippen LogP contribution >= 0.6 is 0 Å². The maximum atomic E-state index is 11.7. The molecule has 0 heterocycles. The third kappa shape index (κ3) is 38.6. The molecule has 0 spiro atoms. The number of hydrogen-bond acceptors (Lipinski definition) is 12. The van der Waals surface area contributed by atoms with Crippen molar-refractivity contribution in [3.8, 4) is 0 Å². The Morgan fingerprint density at radius 1 is 0.386 bits per heavy atom.